The highest BCUT2D eigenvalue weighted by atomic mass is 19.1. The van der Waals surface area contributed by atoms with Crippen molar-refractivity contribution in [2.45, 2.75) is 69.6 Å². The Kier molecular flexibility index (Phi) is 5.90. The molecule has 0 spiro atoms. The van der Waals surface area contributed by atoms with E-state index in [1.165, 1.54) is 6.07 Å². The zero-order valence-corrected chi connectivity index (χ0v) is 21.7. The van der Waals surface area contributed by atoms with Crippen LogP contribution in [0, 0.1) is 11.7 Å². The Hall–Kier alpha value is -3.75. The van der Waals surface area contributed by atoms with Gasteiger partial charge in [0.15, 0.2) is 0 Å². The van der Waals surface area contributed by atoms with E-state index in [1.807, 2.05) is 11.0 Å². The molecule has 2 aromatic carbocycles. The molecule has 3 aromatic rings. The highest BCUT2D eigenvalue weighted by Crippen LogP contribution is 2.38. The maximum absolute atomic E-state index is 15.0. The van der Waals surface area contributed by atoms with Gasteiger partial charge in [-0.15, -0.1) is 0 Å². The van der Waals surface area contributed by atoms with Gasteiger partial charge in [-0.05, 0) is 80.8 Å². The summed E-state index contributed by atoms with van der Waals surface area (Å²) in [5.74, 6) is 0.167. The number of ether oxygens (including phenoxy) is 1. The molecule has 2 saturated heterocycles. The Balaban J connectivity index is 1.13. The molecule has 4 fully saturated rings. The number of fused-ring (bicyclic) bond motifs is 3. The molecule has 2 unspecified atom stereocenters. The Morgan fingerprint density at radius 2 is 1.74 bits per heavy atom. The number of benzene rings is 2. The van der Waals surface area contributed by atoms with Crippen molar-refractivity contribution in [3.8, 4) is 5.75 Å². The number of aromatic amines is 1. The van der Waals surface area contributed by atoms with Crippen LogP contribution in [0.2, 0.25) is 0 Å². The van der Waals surface area contributed by atoms with E-state index in [0.717, 1.165) is 50.5 Å². The van der Waals surface area contributed by atoms with Gasteiger partial charge in [0.2, 0.25) is 5.91 Å². The zero-order valence-electron chi connectivity index (χ0n) is 21.7. The van der Waals surface area contributed by atoms with Crippen LogP contribution >= 0.6 is 0 Å². The number of piperazine rings is 1. The fourth-order valence-corrected chi connectivity index (χ4v) is 6.27. The molecular formula is C30H31FN4O4. The van der Waals surface area contributed by atoms with Crippen molar-refractivity contribution in [3.63, 3.8) is 0 Å². The van der Waals surface area contributed by atoms with Crippen LogP contribution < -0.4 is 10.3 Å². The van der Waals surface area contributed by atoms with Gasteiger partial charge < -0.3 is 14.5 Å². The van der Waals surface area contributed by atoms with Gasteiger partial charge in [0, 0.05) is 42.9 Å². The Bertz CT molecular complexity index is 1520. The molecule has 1 N–H and O–H groups in total. The molecule has 1 aromatic heterocycles. The average molecular weight is 531 g/mol. The first-order valence-electron chi connectivity index (χ1n) is 14.0. The van der Waals surface area contributed by atoms with Crippen LogP contribution in [0.1, 0.15) is 66.6 Å². The van der Waals surface area contributed by atoms with Crippen molar-refractivity contribution in [3.05, 3.63) is 69.4 Å². The SMILES string of the molecule is O=C(c1cc(Cc2n[nH]c(=O)c3ccc(OC4CCC4)cc23)ccc1F)N1CC2CCC(C1)N2C(=O)C1CC1. The number of carbonyl (C=O) groups excluding carboxylic acids is 2. The lowest BCUT2D eigenvalue weighted by atomic mass is 9.96. The monoisotopic (exact) mass is 530 g/mol. The third-order valence-corrected chi connectivity index (χ3v) is 8.78. The van der Waals surface area contributed by atoms with Crippen molar-refractivity contribution < 1.29 is 18.7 Å². The molecular weight excluding hydrogens is 499 g/mol. The van der Waals surface area contributed by atoms with Crippen LogP contribution in [0.5, 0.6) is 5.75 Å². The summed E-state index contributed by atoms with van der Waals surface area (Å²) >= 11 is 0. The lowest BCUT2D eigenvalue weighted by Gasteiger charge is -2.41. The third kappa shape index (κ3) is 4.47. The maximum atomic E-state index is 15.0. The van der Waals surface area contributed by atoms with Gasteiger partial charge in [0.25, 0.3) is 11.5 Å². The topological polar surface area (TPSA) is 95.6 Å². The summed E-state index contributed by atoms with van der Waals surface area (Å²) in [5, 5.41) is 8.05. The van der Waals surface area contributed by atoms with E-state index in [2.05, 4.69) is 10.2 Å². The minimum atomic E-state index is -0.567. The Morgan fingerprint density at radius 3 is 2.44 bits per heavy atom. The molecule has 3 heterocycles. The van der Waals surface area contributed by atoms with Crippen molar-refractivity contribution in [2.75, 3.05) is 13.1 Å². The number of hydrogen-bond acceptors (Lipinski definition) is 5. The number of carbonyl (C=O) groups is 2. The normalized spacial score (nSPS) is 22.7. The number of nitrogens with one attached hydrogen (secondary N) is 1. The molecule has 2 atom stereocenters. The summed E-state index contributed by atoms with van der Waals surface area (Å²) < 4.78 is 21.0. The molecule has 0 radical (unpaired) electrons. The predicted molar refractivity (Wildman–Crippen MR) is 142 cm³/mol. The van der Waals surface area contributed by atoms with Crippen molar-refractivity contribution in [1.82, 2.24) is 20.0 Å². The average Bonchev–Trinajstić information content (AvgIpc) is 3.73. The fraction of sp³-hybridized carbons (Fsp3) is 0.467. The number of amides is 2. The van der Waals surface area contributed by atoms with Crippen LogP contribution in [0.4, 0.5) is 4.39 Å². The second-order valence-corrected chi connectivity index (χ2v) is 11.5. The molecule has 2 aliphatic carbocycles. The number of hydrogen-bond donors (Lipinski definition) is 1. The molecule has 8 nitrogen and oxygen atoms in total. The van der Waals surface area contributed by atoms with Gasteiger partial charge >= 0.3 is 0 Å². The van der Waals surface area contributed by atoms with E-state index >= 15 is 0 Å². The maximum Gasteiger partial charge on any atom is 0.272 e. The van der Waals surface area contributed by atoms with Crippen LogP contribution in [0.3, 0.4) is 0 Å². The minimum Gasteiger partial charge on any atom is -0.490 e. The predicted octanol–water partition coefficient (Wildman–Crippen LogP) is 3.81. The van der Waals surface area contributed by atoms with E-state index < -0.39 is 5.82 Å². The summed E-state index contributed by atoms with van der Waals surface area (Å²) in [6.07, 6.45) is 7.42. The molecule has 7 rings (SSSR count). The molecule has 2 bridgehead atoms. The van der Waals surface area contributed by atoms with Crippen LogP contribution in [0.25, 0.3) is 10.8 Å². The van der Waals surface area contributed by atoms with E-state index in [0.29, 0.717) is 41.7 Å². The number of rotatable bonds is 6. The molecule has 2 amide bonds. The molecule has 2 saturated carbocycles. The van der Waals surface area contributed by atoms with Gasteiger partial charge in [-0.1, -0.05) is 6.07 Å². The number of H-pyrrole nitrogens is 1. The first kappa shape index (κ1) is 24.3. The molecule has 4 aliphatic rings. The highest BCUT2D eigenvalue weighted by Gasteiger charge is 2.47. The molecule has 202 valence electrons. The largest absolute Gasteiger partial charge is 0.490 e. The molecule has 39 heavy (non-hydrogen) atoms. The minimum absolute atomic E-state index is 0.0140. The van der Waals surface area contributed by atoms with Crippen LogP contribution in [-0.2, 0) is 11.2 Å². The second-order valence-electron chi connectivity index (χ2n) is 11.5. The van der Waals surface area contributed by atoms with E-state index in [9.17, 15) is 18.8 Å². The summed E-state index contributed by atoms with van der Waals surface area (Å²) in [6.45, 7) is 0.876. The number of likely N-dealkylation sites (tertiary alicyclic amines) is 1. The van der Waals surface area contributed by atoms with Gasteiger partial charge in [-0.3, -0.25) is 14.4 Å². The molecule has 2 aliphatic heterocycles. The first-order valence-corrected chi connectivity index (χ1v) is 14.0. The first-order chi connectivity index (χ1) is 18.9. The summed E-state index contributed by atoms with van der Waals surface area (Å²) in [7, 11) is 0. The van der Waals surface area contributed by atoms with E-state index in [-0.39, 0.29) is 47.0 Å². The van der Waals surface area contributed by atoms with E-state index in [1.54, 1.807) is 29.2 Å². The van der Waals surface area contributed by atoms with Gasteiger partial charge in [-0.2, -0.15) is 5.10 Å². The van der Waals surface area contributed by atoms with Crippen molar-refractivity contribution in [1.29, 1.82) is 0 Å². The van der Waals surface area contributed by atoms with Crippen LogP contribution in [-0.4, -0.2) is 63.1 Å². The zero-order chi connectivity index (χ0) is 26.7. The standard InChI is InChI=1S/C30H31FN4O4/c31-26-11-4-17(13-27-24-14-22(39-21-2-1-3-21)9-10-23(24)28(36)33-32-27)12-25(26)30(38)34-15-19-7-8-20(16-34)35(19)29(37)18-5-6-18/h4,9-12,14,18-21H,1-3,5-8,13,15-16H2,(H,33,36). The number of nitrogens with zero attached hydrogens (tertiary/aromatic N) is 3. The lowest BCUT2D eigenvalue weighted by Crippen LogP contribution is -2.57. The fourth-order valence-electron chi connectivity index (χ4n) is 6.27. The second kappa shape index (κ2) is 9.47. The lowest BCUT2D eigenvalue weighted by molar-refractivity contribution is -0.137. The van der Waals surface area contributed by atoms with E-state index in [4.69, 9.17) is 4.74 Å². The van der Waals surface area contributed by atoms with Crippen molar-refractivity contribution in [2.24, 2.45) is 5.92 Å². The Morgan fingerprint density at radius 1 is 0.974 bits per heavy atom. The number of aromatic nitrogens is 2. The third-order valence-electron chi connectivity index (χ3n) is 8.78. The number of halogens is 1. The van der Waals surface area contributed by atoms with Crippen molar-refractivity contribution >= 4 is 22.6 Å². The summed E-state index contributed by atoms with van der Waals surface area (Å²) in [4.78, 5) is 42.4. The quantitative estimate of drug-likeness (QED) is 0.523. The highest BCUT2D eigenvalue weighted by molar-refractivity contribution is 5.95. The summed E-state index contributed by atoms with van der Waals surface area (Å²) in [6, 6.07) is 9.99. The summed E-state index contributed by atoms with van der Waals surface area (Å²) in [5.41, 5.74) is 1.08. The van der Waals surface area contributed by atoms with Gasteiger partial charge in [0.1, 0.15) is 11.6 Å². The smallest absolute Gasteiger partial charge is 0.272 e. The Labute approximate surface area is 225 Å². The molecule has 9 heteroatoms. The van der Waals surface area contributed by atoms with Crippen LogP contribution in [0.15, 0.2) is 41.2 Å². The van der Waals surface area contributed by atoms with Gasteiger partial charge in [-0.25, -0.2) is 9.49 Å². The van der Waals surface area contributed by atoms with Gasteiger partial charge in [0.05, 0.1) is 22.7 Å².